The second kappa shape index (κ2) is 7.58. The van der Waals surface area contributed by atoms with Crippen LogP contribution in [0.25, 0.3) is 0 Å². The number of nitrogens with zero attached hydrogens (tertiary/aromatic N) is 2. The highest BCUT2D eigenvalue weighted by atomic mass is 35.5. The Kier molecular flexibility index (Phi) is 5.45. The predicted octanol–water partition coefficient (Wildman–Crippen LogP) is 1.68. The molecule has 0 spiro atoms. The van der Waals surface area contributed by atoms with E-state index in [2.05, 4.69) is 40.0 Å². The highest BCUT2D eigenvalue weighted by Crippen LogP contribution is 2.29. The maximum absolute atomic E-state index is 12.7. The molecule has 1 saturated heterocycles. The number of rotatable bonds is 4. The molecule has 134 valence electrons. The van der Waals surface area contributed by atoms with E-state index in [1.807, 2.05) is 19.4 Å². The molecule has 0 bridgehead atoms. The van der Waals surface area contributed by atoms with Gasteiger partial charge in [-0.2, -0.15) is 5.10 Å². The van der Waals surface area contributed by atoms with Crippen LogP contribution in [0.4, 0.5) is 0 Å². The first-order valence-electron chi connectivity index (χ1n) is 8.74. The van der Waals surface area contributed by atoms with Crippen molar-refractivity contribution >= 4 is 18.3 Å². The topological polar surface area (TPSA) is 59.0 Å². The van der Waals surface area contributed by atoms with E-state index in [9.17, 15) is 4.79 Å². The fraction of sp³-hybridized carbons (Fsp3) is 0.474. The number of halogens is 1. The first-order chi connectivity index (χ1) is 11.7. The zero-order valence-electron chi connectivity index (χ0n) is 14.4. The quantitative estimate of drug-likeness (QED) is 0.872. The molecule has 1 aliphatic carbocycles. The number of hydrogen-bond acceptors (Lipinski definition) is 3. The molecular formula is C19H25ClN4O. The number of carbonyl (C=O) groups is 1. The molecule has 0 unspecified atom stereocenters. The van der Waals surface area contributed by atoms with Crippen molar-refractivity contribution in [2.24, 2.45) is 18.9 Å². The zero-order chi connectivity index (χ0) is 16.5. The minimum atomic E-state index is -0.00187. The van der Waals surface area contributed by atoms with Crippen LogP contribution in [0.3, 0.4) is 0 Å². The lowest BCUT2D eigenvalue weighted by Crippen LogP contribution is -2.37. The molecule has 1 fully saturated rings. The van der Waals surface area contributed by atoms with Crippen molar-refractivity contribution in [1.82, 2.24) is 20.4 Å². The van der Waals surface area contributed by atoms with E-state index in [1.54, 1.807) is 4.68 Å². The number of carbonyl (C=O) groups excluding carboxylic acids is 1. The van der Waals surface area contributed by atoms with Crippen molar-refractivity contribution < 1.29 is 4.79 Å². The van der Waals surface area contributed by atoms with Gasteiger partial charge in [-0.25, -0.2) is 0 Å². The molecule has 1 amide bonds. The normalized spacial score (nSPS) is 22.4. The Labute approximate surface area is 154 Å². The second-order valence-corrected chi connectivity index (χ2v) is 7.11. The molecule has 1 aromatic heterocycles. The average molecular weight is 361 g/mol. The summed E-state index contributed by atoms with van der Waals surface area (Å²) in [5.74, 6) is 0.916. The maximum atomic E-state index is 12.7. The van der Waals surface area contributed by atoms with Gasteiger partial charge < -0.3 is 10.6 Å². The summed E-state index contributed by atoms with van der Waals surface area (Å²) in [5, 5.41) is 10.8. The Hall–Kier alpha value is -1.85. The molecule has 2 heterocycles. The van der Waals surface area contributed by atoms with Gasteiger partial charge in [-0.15, -0.1) is 12.4 Å². The fourth-order valence-electron chi connectivity index (χ4n) is 4.11. The highest BCUT2D eigenvalue weighted by Gasteiger charge is 2.35. The van der Waals surface area contributed by atoms with E-state index in [0.717, 1.165) is 38.0 Å². The summed E-state index contributed by atoms with van der Waals surface area (Å²) in [6.07, 6.45) is 6.05. The molecule has 4 rings (SSSR count). The van der Waals surface area contributed by atoms with Crippen LogP contribution in [0.1, 0.15) is 22.6 Å². The molecule has 1 aliphatic heterocycles. The number of aromatic nitrogens is 2. The van der Waals surface area contributed by atoms with Gasteiger partial charge in [-0.05, 0) is 35.4 Å². The Morgan fingerprint density at radius 1 is 1.28 bits per heavy atom. The SMILES string of the molecule is Cl.Cn1cc([C@H]2CNC[C@@H]2C(=O)NCC2Cc3ccccc3C2)cn1. The highest BCUT2D eigenvalue weighted by molar-refractivity contribution is 5.85. The smallest absolute Gasteiger partial charge is 0.225 e. The van der Waals surface area contributed by atoms with Crippen LogP contribution < -0.4 is 10.6 Å². The Balaban J connectivity index is 0.00000182. The summed E-state index contributed by atoms with van der Waals surface area (Å²) in [4.78, 5) is 12.7. The number of benzene rings is 1. The van der Waals surface area contributed by atoms with E-state index >= 15 is 0 Å². The Morgan fingerprint density at radius 2 is 2.00 bits per heavy atom. The second-order valence-electron chi connectivity index (χ2n) is 7.11. The molecule has 1 aromatic carbocycles. The summed E-state index contributed by atoms with van der Waals surface area (Å²) in [7, 11) is 1.92. The lowest BCUT2D eigenvalue weighted by molar-refractivity contribution is -0.125. The minimum Gasteiger partial charge on any atom is -0.356 e. The van der Waals surface area contributed by atoms with Crippen molar-refractivity contribution in [3.8, 4) is 0 Å². The van der Waals surface area contributed by atoms with E-state index < -0.39 is 0 Å². The van der Waals surface area contributed by atoms with Crippen LogP contribution in [0.5, 0.6) is 0 Å². The zero-order valence-corrected chi connectivity index (χ0v) is 15.3. The molecule has 0 saturated carbocycles. The summed E-state index contributed by atoms with van der Waals surface area (Å²) < 4.78 is 1.80. The van der Waals surface area contributed by atoms with Crippen LogP contribution in [-0.4, -0.2) is 35.3 Å². The van der Waals surface area contributed by atoms with Gasteiger partial charge in [0, 0.05) is 38.8 Å². The summed E-state index contributed by atoms with van der Waals surface area (Å²) in [6.45, 7) is 2.36. The average Bonchev–Trinajstić information content (AvgIpc) is 3.30. The largest absolute Gasteiger partial charge is 0.356 e. The van der Waals surface area contributed by atoms with Crippen molar-refractivity contribution in [2.45, 2.75) is 18.8 Å². The number of fused-ring (bicyclic) bond motifs is 1. The van der Waals surface area contributed by atoms with Gasteiger partial charge in [0.15, 0.2) is 0 Å². The number of hydrogen-bond donors (Lipinski definition) is 2. The first kappa shape index (κ1) is 18.0. The monoisotopic (exact) mass is 360 g/mol. The third-order valence-electron chi connectivity index (χ3n) is 5.40. The van der Waals surface area contributed by atoms with Crippen molar-refractivity contribution in [3.63, 3.8) is 0 Å². The molecule has 2 N–H and O–H groups in total. The van der Waals surface area contributed by atoms with Gasteiger partial charge in [0.25, 0.3) is 0 Å². The predicted molar refractivity (Wildman–Crippen MR) is 99.9 cm³/mol. The summed E-state index contributed by atoms with van der Waals surface area (Å²) >= 11 is 0. The van der Waals surface area contributed by atoms with Gasteiger partial charge in [0.1, 0.15) is 0 Å². The number of amides is 1. The van der Waals surface area contributed by atoms with Crippen LogP contribution in [-0.2, 0) is 24.7 Å². The lowest BCUT2D eigenvalue weighted by Gasteiger charge is -2.18. The molecule has 2 aromatic rings. The van der Waals surface area contributed by atoms with Crippen molar-refractivity contribution in [1.29, 1.82) is 0 Å². The van der Waals surface area contributed by atoms with Crippen molar-refractivity contribution in [3.05, 3.63) is 53.3 Å². The van der Waals surface area contributed by atoms with E-state index in [0.29, 0.717) is 5.92 Å². The Morgan fingerprint density at radius 3 is 2.64 bits per heavy atom. The number of nitrogens with one attached hydrogen (secondary N) is 2. The third-order valence-corrected chi connectivity index (χ3v) is 5.40. The Bertz CT molecular complexity index is 720. The van der Waals surface area contributed by atoms with Gasteiger partial charge >= 0.3 is 0 Å². The van der Waals surface area contributed by atoms with Crippen molar-refractivity contribution in [2.75, 3.05) is 19.6 Å². The molecule has 6 heteroatoms. The molecule has 25 heavy (non-hydrogen) atoms. The first-order valence-corrected chi connectivity index (χ1v) is 8.74. The van der Waals surface area contributed by atoms with Crippen LogP contribution >= 0.6 is 12.4 Å². The van der Waals surface area contributed by atoms with Crippen LogP contribution in [0, 0.1) is 11.8 Å². The summed E-state index contributed by atoms with van der Waals surface area (Å²) in [5.41, 5.74) is 4.02. The molecule has 2 aliphatic rings. The molecule has 0 radical (unpaired) electrons. The lowest BCUT2D eigenvalue weighted by atomic mass is 9.90. The van der Waals surface area contributed by atoms with E-state index in [-0.39, 0.29) is 30.2 Å². The molecule has 2 atom stereocenters. The van der Waals surface area contributed by atoms with Crippen LogP contribution in [0.15, 0.2) is 36.7 Å². The minimum absolute atomic E-state index is 0. The van der Waals surface area contributed by atoms with E-state index in [1.165, 1.54) is 11.1 Å². The van der Waals surface area contributed by atoms with E-state index in [4.69, 9.17) is 0 Å². The summed E-state index contributed by atoms with van der Waals surface area (Å²) in [6, 6.07) is 8.61. The molecular weight excluding hydrogens is 336 g/mol. The van der Waals surface area contributed by atoms with Crippen LogP contribution in [0.2, 0.25) is 0 Å². The van der Waals surface area contributed by atoms with Gasteiger partial charge in [-0.3, -0.25) is 9.48 Å². The van der Waals surface area contributed by atoms with Gasteiger partial charge in [0.2, 0.25) is 5.91 Å². The maximum Gasteiger partial charge on any atom is 0.225 e. The fourth-order valence-corrected chi connectivity index (χ4v) is 4.11. The molecule has 5 nitrogen and oxygen atoms in total. The number of aryl methyl sites for hydroxylation is 1. The standard InChI is InChI=1S/C19H24N4O.ClH/c1-23-12-16(9-22-23)17-10-20-11-18(17)19(24)21-8-13-6-14-4-2-3-5-15(14)7-13;/h2-5,9,12-13,17-18,20H,6-8,10-11H2,1H3,(H,21,24);1H/t17-,18+;/m1./s1. The van der Waals surface area contributed by atoms with Gasteiger partial charge in [0.05, 0.1) is 12.1 Å². The van der Waals surface area contributed by atoms with Gasteiger partial charge in [-0.1, -0.05) is 24.3 Å². The third kappa shape index (κ3) is 3.72.